The molecule has 0 unspecified atom stereocenters. The average Bonchev–Trinajstić information content (AvgIpc) is 2.59. The number of likely N-dealkylation sites (tertiary alicyclic amines) is 1. The first-order chi connectivity index (χ1) is 12.5. The van der Waals surface area contributed by atoms with Crippen molar-refractivity contribution in [2.24, 2.45) is 0 Å². The van der Waals surface area contributed by atoms with Crippen molar-refractivity contribution in [2.75, 3.05) is 18.4 Å². The van der Waals surface area contributed by atoms with Gasteiger partial charge in [0.1, 0.15) is 11.9 Å². The summed E-state index contributed by atoms with van der Waals surface area (Å²) in [6, 6.07) is 4.82. The lowest BCUT2D eigenvalue weighted by Gasteiger charge is -2.33. The Kier molecular flexibility index (Phi) is 6.02. The molecular formula is C15H14F6N4O2. The number of hydrogen-bond acceptors (Lipinski definition) is 5. The quantitative estimate of drug-likeness (QED) is 0.792. The fraction of sp³-hybridized carbons (Fsp3) is 0.533. The first-order valence-electron chi connectivity index (χ1n) is 7.72. The van der Waals surface area contributed by atoms with Crippen LogP contribution in [0.4, 0.5) is 37.0 Å². The lowest BCUT2D eigenvalue weighted by atomic mass is 10.1. The molecule has 0 aromatic carbocycles. The Hall–Kier alpha value is -2.71. The smallest absolute Gasteiger partial charge is 0.426 e. The minimum absolute atomic E-state index is 0.0742. The van der Waals surface area contributed by atoms with E-state index in [2.05, 4.69) is 15.0 Å². The van der Waals surface area contributed by atoms with E-state index in [9.17, 15) is 31.1 Å². The standard InChI is InChI=1S/C15H14F6N4O2/c16-14(17,18)12(15(19,20)21)27-13(26)25-5-3-10(4-6-25)24-11-2-1-9(7-22)8-23-11/h1-2,8,10,12H,3-6H2,(H,23,24). The van der Waals surface area contributed by atoms with Crippen molar-refractivity contribution in [3.63, 3.8) is 0 Å². The van der Waals surface area contributed by atoms with Gasteiger partial charge in [0.2, 0.25) is 0 Å². The number of rotatable bonds is 3. The van der Waals surface area contributed by atoms with E-state index >= 15 is 0 Å². The van der Waals surface area contributed by atoms with Crippen molar-refractivity contribution in [3.05, 3.63) is 23.9 Å². The topological polar surface area (TPSA) is 78.2 Å². The molecule has 0 radical (unpaired) electrons. The maximum absolute atomic E-state index is 12.4. The van der Waals surface area contributed by atoms with Gasteiger partial charge < -0.3 is 15.0 Å². The summed E-state index contributed by atoms with van der Waals surface area (Å²) in [5.41, 5.74) is 0.363. The molecule has 12 heteroatoms. The number of piperidine rings is 1. The van der Waals surface area contributed by atoms with Gasteiger partial charge in [0.05, 0.1) is 5.56 Å². The van der Waals surface area contributed by atoms with Crippen molar-refractivity contribution >= 4 is 11.9 Å². The zero-order chi connectivity index (χ0) is 20.2. The third-order valence-electron chi connectivity index (χ3n) is 3.81. The molecule has 0 saturated carbocycles. The predicted octanol–water partition coefficient (Wildman–Crippen LogP) is 3.46. The molecule has 1 amide bonds. The van der Waals surface area contributed by atoms with Crippen LogP contribution in [0.15, 0.2) is 18.3 Å². The number of nitrogens with one attached hydrogen (secondary N) is 1. The molecule has 1 fully saturated rings. The first-order valence-corrected chi connectivity index (χ1v) is 7.72. The number of pyridine rings is 1. The number of nitriles is 1. The first kappa shape index (κ1) is 20.6. The molecule has 0 atom stereocenters. The monoisotopic (exact) mass is 396 g/mol. The highest BCUT2D eigenvalue weighted by atomic mass is 19.4. The van der Waals surface area contributed by atoms with Crippen molar-refractivity contribution in [2.45, 2.75) is 37.3 Å². The van der Waals surface area contributed by atoms with Gasteiger partial charge in [0.15, 0.2) is 0 Å². The SMILES string of the molecule is N#Cc1ccc(NC2CCN(C(=O)OC(C(F)(F)F)C(F)(F)F)CC2)nc1. The Bertz CT molecular complexity index is 676. The Labute approximate surface area is 149 Å². The summed E-state index contributed by atoms with van der Waals surface area (Å²) in [6.07, 6.45) is -15.4. The van der Waals surface area contributed by atoms with Crippen LogP contribution in [0.5, 0.6) is 0 Å². The molecule has 1 N–H and O–H groups in total. The highest BCUT2D eigenvalue weighted by molar-refractivity contribution is 5.68. The number of halogens is 6. The molecule has 1 aromatic rings. The van der Waals surface area contributed by atoms with Gasteiger partial charge in [-0.25, -0.2) is 9.78 Å². The van der Waals surface area contributed by atoms with E-state index in [1.807, 2.05) is 6.07 Å². The Morgan fingerprint density at radius 1 is 1.22 bits per heavy atom. The minimum atomic E-state index is -5.74. The van der Waals surface area contributed by atoms with Gasteiger partial charge >= 0.3 is 18.4 Å². The number of carbonyl (C=O) groups is 1. The number of hydrogen-bond donors (Lipinski definition) is 1. The van der Waals surface area contributed by atoms with Crippen LogP contribution in [-0.2, 0) is 4.74 Å². The zero-order valence-electron chi connectivity index (χ0n) is 13.6. The molecule has 2 rings (SSSR count). The summed E-state index contributed by atoms with van der Waals surface area (Å²) in [4.78, 5) is 16.5. The van der Waals surface area contributed by atoms with Crippen molar-refractivity contribution in [1.29, 1.82) is 5.26 Å². The number of anilines is 1. The van der Waals surface area contributed by atoms with E-state index in [0.717, 1.165) is 4.90 Å². The van der Waals surface area contributed by atoms with Crippen LogP contribution in [0.25, 0.3) is 0 Å². The summed E-state index contributed by atoms with van der Waals surface area (Å²) >= 11 is 0. The Morgan fingerprint density at radius 3 is 2.26 bits per heavy atom. The third kappa shape index (κ3) is 5.63. The molecule has 0 aliphatic carbocycles. The maximum atomic E-state index is 12.4. The highest BCUT2D eigenvalue weighted by Crippen LogP contribution is 2.36. The van der Waals surface area contributed by atoms with Crippen molar-refractivity contribution in [3.8, 4) is 6.07 Å². The van der Waals surface area contributed by atoms with E-state index in [0.29, 0.717) is 11.4 Å². The molecule has 1 saturated heterocycles. The van der Waals surface area contributed by atoms with Gasteiger partial charge in [-0.2, -0.15) is 31.6 Å². The highest BCUT2D eigenvalue weighted by Gasteiger charge is 2.60. The number of ether oxygens (including phenoxy) is 1. The summed E-state index contributed by atoms with van der Waals surface area (Å²) in [7, 11) is 0. The van der Waals surface area contributed by atoms with Gasteiger partial charge in [0, 0.05) is 25.3 Å². The predicted molar refractivity (Wildman–Crippen MR) is 79.5 cm³/mol. The van der Waals surface area contributed by atoms with Crippen LogP contribution in [0, 0.1) is 11.3 Å². The second kappa shape index (κ2) is 7.89. The van der Waals surface area contributed by atoms with Crippen LogP contribution >= 0.6 is 0 Å². The summed E-state index contributed by atoms with van der Waals surface area (Å²) < 4.78 is 78.4. The number of carbonyl (C=O) groups excluding carboxylic acids is 1. The molecule has 1 aromatic heterocycles. The second-order valence-corrected chi connectivity index (χ2v) is 5.80. The number of aromatic nitrogens is 1. The van der Waals surface area contributed by atoms with Crippen molar-refractivity contribution in [1.82, 2.24) is 9.88 Å². The normalized spacial score (nSPS) is 16.1. The van der Waals surface area contributed by atoms with Crippen molar-refractivity contribution < 1.29 is 35.9 Å². The summed E-state index contributed by atoms with van der Waals surface area (Å²) in [5, 5.41) is 11.7. The Balaban J connectivity index is 1.88. The van der Waals surface area contributed by atoms with Gasteiger partial charge in [-0.3, -0.25) is 0 Å². The third-order valence-corrected chi connectivity index (χ3v) is 3.81. The van der Waals surface area contributed by atoms with Crippen LogP contribution in [0.1, 0.15) is 18.4 Å². The second-order valence-electron chi connectivity index (χ2n) is 5.80. The van der Waals surface area contributed by atoms with Gasteiger partial charge in [-0.15, -0.1) is 0 Å². The van der Waals surface area contributed by atoms with E-state index in [1.165, 1.54) is 12.3 Å². The van der Waals surface area contributed by atoms with E-state index in [-0.39, 0.29) is 32.0 Å². The molecule has 0 bridgehead atoms. The Morgan fingerprint density at radius 2 is 1.81 bits per heavy atom. The molecule has 2 heterocycles. The molecule has 6 nitrogen and oxygen atoms in total. The van der Waals surface area contributed by atoms with Gasteiger partial charge in [-0.05, 0) is 25.0 Å². The maximum Gasteiger partial charge on any atom is 0.434 e. The zero-order valence-corrected chi connectivity index (χ0v) is 13.6. The minimum Gasteiger partial charge on any atom is -0.426 e. The fourth-order valence-electron chi connectivity index (χ4n) is 2.46. The van der Waals surface area contributed by atoms with Crippen LogP contribution in [0.2, 0.25) is 0 Å². The van der Waals surface area contributed by atoms with E-state index in [4.69, 9.17) is 5.26 Å². The molecule has 1 aliphatic heterocycles. The summed E-state index contributed by atoms with van der Waals surface area (Å²) in [6.45, 7) is -0.148. The van der Waals surface area contributed by atoms with Crippen LogP contribution in [-0.4, -0.2) is 53.6 Å². The molecule has 0 spiro atoms. The lowest BCUT2D eigenvalue weighted by molar-refractivity contribution is -0.308. The summed E-state index contributed by atoms with van der Waals surface area (Å²) in [5.74, 6) is 0.462. The van der Waals surface area contributed by atoms with E-state index in [1.54, 1.807) is 6.07 Å². The van der Waals surface area contributed by atoms with Gasteiger partial charge in [-0.1, -0.05) is 0 Å². The largest absolute Gasteiger partial charge is 0.434 e. The number of amides is 1. The molecular weight excluding hydrogens is 382 g/mol. The number of nitrogens with zero attached hydrogens (tertiary/aromatic N) is 3. The molecule has 148 valence electrons. The van der Waals surface area contributed by atoms with Crippen LogP contribution < -0.4 is 5.32 Å². The van der Waals surface area contributed by atoms with Gasteiger partial charge in [0.25, 0.3) is 6.10 Å². The fourth-order valence-corrected chi connectivity index (χ4v) is 2.46. The van der Waals surface area contributed by atoms with Crippen LogP contribution in [0.3, 0.4) is 0 Å². The average molecular weight is 396 g/mol. The lowest BCUT2D eigenvalue weighted by Crippen LogP contribution is -2.50. The molecule has 1 aliphatic rings. The van der Waals surface area contributed by atoms with E-state index < -0.39 is 24.5 Å². The molecule has 27 heavy (non-hydrogen) atoms. The number of alkyl halides is 6.